The van der Waals surface area contributed by atoms with E-state index in [0.717, 1.165) is 0 Å². The molecule has 0 radical (unpaired) electrons. The number of aliphatic carboxylic acids is 1. The van der Waals surface area contributed by atoms with Crippen molar-refractivity contribution < 1.29 is 15.0 Å². The minimum absolute atomic E-state index is 0.0343. The van der Waals surface area contributed by atoms with Crippen molar-refractivity contribution >= 4 is 40.5 Å². The van der Waals surface area contributed by atoms with Crippen molar-refractivity contribution in [2.45, 2.75) is 25.9 Å². The van der Waals surface area contributed by atoms with Crippen LogP contribution in [0.3, 0.4) is 0 Å². The zero-order chi connectivity index (χ0) is 12.3. The first kappa shape index (κ1) is 13.8. The van der Waals surface area contributed by atoms with E-state index in [1.54, 1.807) is 13.0 Å². The van der Waals surface area contributed by atoms with Gasteiger partial charge in [-0.05, 0) is 18.4 Å². The van der Waals surface area contributed by atoms with Gasteiger partial charge in [-0.3, -0.25) is 4.79 Å². The number of aliphatic hydroxyl groups is 1. The number of hydrogen-bond acceptors (Lipinski definition) is 3. The molecule has 0 aromatic carbocycles. The SMILES string of the molecule is CC(CC(=O)O)CC(O)c1cc(Cl)sc1Cl. The van der Waals surface area contributed by atoms with Gasteiger partial charge >= 0.3 is 5.97 Å². The van der Waals surface area contributed by atoms with Crippen LogP contribution in [-0.2, 0) is 4.79 Å². The Bertz CT molecular complexity index is 378. The van der Waals surface area contributed by atoms with Gasteiger partial charge in [-0.25, -0.2) is 0 Å². The molecule has 0 aliphatic heterocycles. The summed E-state index contributed by atoms with van der Waals surface area (Å²) in [6.45, 7) is 1.78. The van der Waals surface area contributed by atoms with Gasteiger partial charge in [0.2, 0.25) is 0 Å². The van der Waals surface area contributed by atoms with Gasteiger partial charge in [-0.2, -0.15) is 0 Å². The van der Waals surface area contributed by atoms with Gasteiger partial charge in [0.25, 0.3) is 0 Å². The predicted molar refractivity (Wildman–Crippen MR) is 65.3 cm³/mol. The second-order valence-corrected chi connectivity index (χ2v) is 6.02. The fourth-order valence-corrected chi connectivity index (χ4v) is 3.04. The number of carboxylic acid groups (broad SMARTS) is 1. The van der Waals surface area contributed by atoms with Gasteiger partial charge in [-0.15, -0.1) is 11.3 Å². The lowest BCUT2D eigenvalue weighted by molar-refractivity contribution is -0.138. The molecule has 1 aromatic heterocycles. The second-order valence-electron chi connectivity index (χ2n) is 3.73. The van der Waals surface area contributed by atoms with Crippen LogP contribution >= 0.6 is 34.5 Å². The van der Waals surface area contributed by atoms with E-state index >= 15 is 0 Å². The van der Waals surface area contributed by atoms with E-state index < -0.39 is 12.1 Å². The predicted octanol–water partition coefficient (Wildman–Crippen LogP) is 3.59. The number of rotatable bonds is 5. The van der Waals surface area contributed by atoms with Gasteiger partial charge in [0, 0.05) is 12.0 Å². The number of thiophene rings is 1. The van der Waals surface area contributed by atoms with E-state index in [1.807, 2.05) is 0 Å². The molecule has 16 heavy (non-hydrogen) atoms. The van der Waals surface area contributed by atoms with Crippen molar-refractivity contribution in [2.75, 3.05) is 0 Å². The Balaban J connectivity index is 2.61. The fraction of sp³-hybridized carbons (Fsp3) is 0.500. The molecule has 1 rings (SSSR count). The molecule has 0 saturated carbocycles. The summed E-state index contributed by atoms with van der Waals surface area (Å²) in [7, 11) is 0. The van der Waals surface area contributed by atoms with Crippen LogP contribution in [-0.4, -0.2) is 16.2 Å². The summed E-state index contributed by atoms with van der Waals surface area (Å²) in [5, 5.41) is 18.5. The van der Waals surface area contributed by atoms with Crippen molar-refractivity contribution in [1.82, 2.24) is 0 Å². The smallest absolute Gasteiger partial charge is 0.303 e. The van der Waals surface area contributed by atoms with Gasteiger partial charge in [-0.1, -0.05) is 30.1 Å². The van der Waals surface area contributed by atoms with Crippen LogP contribution in [0.1, 0.15) is 31.4 Å². The van der Waals surface area contributed by atoms with E-state index in [1.165, 1.54) is 11.3 Å². The Morgan fingerprint density at radius 2 is 2.19 bits per heavy atom. The first-order chi connectivity index (χ1) is 7.40. The Labute approximate surface area is 108 Å². The van der Waals surface area contributed by atoms with Crippen molar-refractivity contribution in [3.05, 3.63) is 20.3 Å². The van der Waals surface area contributed by atoms with Gasteiger partial charge in [0.05, 0.1) is 10.4 Å². The van der Waals surface area contributed by atoms with Crippen LogP contribution in [0.25, 0.3) is 0 Å². The molecular formula is C10H12Cl2O3S. The highest BCUT2D eigenvalue weighted by atomic mass is 35.5. The van der Waals surface area contributed by atoms with Gasteiger partial charge in [0.1, 0.15) is 4.34 Å². The second kappa shape index (κ2) is 5.87. The summed E-state index contributed by atoms with van der Waals surface area (Å²) in [5.41, 5.74) is 0.578. The third-order valence-corrected chi connectivity index (χ3v) is 3.71. The van der Waals surface area contributed by atoms with Crippen molar-refractivity contribution in [2.24, 2.45) is 5.92 Å². The van der Waals surface area contributed by atoms with Crippen LogP contribution < -0.4 is 0 Å². The summed E-state index contributed by atoms with van der Waals surface area (Å²) in [6, 6.07) is 1.62. The van der Waals surface area contributed by atoms with Crippen LogP contribution in [0.2, 0.25) is 8.67 Å². The Kier molecular flexibility index (Phi) is 5.05. The zero-order valence-electron chi connectivity index (χ0n) is 8.61. The largest absolute Gasteiger partial charge is 0.481 e. The molecule has 2 atom stereocenters. The monoisotopic (exact) mass is 282 g/mol. The maximum absolute atomic E-state index is 10.5. The molecule has 6 heteroatoms. The van der Waals surface area contributed by atoms with E-state index in [4.69, 9.17) is 28.3 Å². The van der Waals surface area contributed by atoms with E-state index in [2.05, 4.69) is 0 Å². The molecule has 0 bridgehead atoms. The topological polar surface area (TPSA) is 57.5 Å². The molecule has 0 amide bonds. The minimum atomic E-state index is -0.867. The summed E-state index contributed by atoms with van der Waals surface area (Å²) in [4.78, 5) is 10.5. The average Bonchev–Trinajstić information content (AvgIpc) is 2.43. The fourth-order valence-electron chi connectivity index (χ4n) is 1.47. The van der Waals surface area contributed by atoms with Crippen LogP contribution in [0.5, 0.6) is 0 Å². The van der Waals surface area contributed by atoms with Crippen LogP contribution in [0, 0.1) is 5.92 Å². The molecule has 1 heterocycles. The first-order valence-corrected chi connectivity index (χ1v) is 6.32. The summed E-state index contributed by atoms with van der Waals surface area (Å²) in [5.74, 6) is -0.976. The Hall–Kier alpha value is -0.290. The maximum Gasteiger partial charge on any atom is 0.303 e. The highest BCUT2D eigenvalue weighted by molar-refractivity contribution is 7.20. The highest BCUT2D eigenvalue weighted by Gasteiger charge is 2.19. The van der Waals surface area contributed by atoms with E-state index in [9.17, 15) is 9.90 Å². The number of hydrogen-bond donors (Lipinski definition) is 2. The van der Waals surface area contributed by atoms with E-state index in [-0.39, 0.29) is 12.3 Å². The normalized spacial score (nSPS) is 14.8. The third-order valence-electron chi connectivity index (χ3n) is 2.19. The van der Waals surface area contributed by atoms with Gasteiger partial charge in [0.15, 0.2) is 0 Å². The third kappa shape index (κ3) is 3.94. The lowest BCUT2D eigenvalue weighted by Gasteiger charge is -2.14. The Morgan fingerprint density at radius 3 is 2.62 bits per heavy atom. The van der Waals surface area contributed by atoms with E-state index in [0.29, 0.717) is 20.7 Å². The number of halogens is 2. The molecule has 0 aliphatic carbocycles. The van der Waals surface area contributed by atoms with Crippen molar-refractivity contribution in [3.8, 4) is 0 Å². The number of carbonyl (C=O) groups is 1. The summed E-state index contributed by atoms with van der Waals surface area (Å²) >= 11 is 12.8. The number of carboxylic acids is 1. The lowest BCUT2D eigenvalue weighted by atomic mass is 9.97. The molecule has 0 saturated heterocycles. The quantitative estimate of drug-likeness (QED) is 0.868. The minimum Gasteiger partial charge on any atom is -0.481 e. The molecular weight excluding hydrogens is 271 g/mol. The molecule has 2 unspecified atom stereocenters. The summed E-state index contributed by atoms with van der Waals surface area (Å²) in [6.07, 6.45) is -0.364. The lowest BCUT2D eigenvalue weighted by Crippen LogP contribution is -2.08. The van der Waals surface area contributed by atoms with Crippen molar-refractivity contribution in [3.63, 3.8) is 0 Å². The number of aliphatic hydroxyl groups excluding tert-OH is 1. The van der Waals surface area contributed by atoms with Crippen LogP contribution in [0.4, 0.5) is 0 Å². The molecule has 1 aromatic rings. The molecule has 0 aliphatic rings. The van der Waals surface area contributed by atoms with Crippen molar-refractivity contribution in [1.29, 1.82) is 0 Å². The first-order valence-electron chi connectivity index (χ1n) is 4.74. The summed E-state index contributed by atoms with van der Waals surface area (Å²) < 4.78 is 0.977. The molecule has 0 fully saturated rings. The highest BCUT2D eigenvalue weighted by Crippen LogP contribution is 2.37. The zero-order valence-corrected chi connectivity index (χ0v) is 10.9. The molecule has 0 spiro atoms. The molecule has 3 nitrogen and oxygen atoms in total. The Morgan fingerprint density at radius 1 is 1.56 bits per heavy atom. The molecule has 90 valence electrons. The average molecular weight is 283 g/mol. The molecule has 2 N–H and O–H groups in total. The van der Waals surface area contributed by atoms with Crippen LogP contribution in [0.15, 0.2) is 6.07 Å². The van der Waals surface area contributed by atoms with Gasteiger partial charge < -0.3 is 10.2 Å². The maximum atomic E-state index is 10.5. The standard InChI is InChI=1S/C10H12Cl2O3S/c1-5(3-9(14)15)2-7(13)6-4-8(11)16-10(6)12/h4-5,7,13H,2-3H2,1H3,(H,14,15).